The van der Waals surface area contributed by atoms with Gasteiger partial charge in [-0.05, 0) is 12.8 Å². The van der Waals surface area contributed by atoms with Gasteiger partial charge in [0.05, 0.1) is 18.8 Å². The molecule has 0 rings (SSSR count). The van der Waals surface area contributed by atoms with E-state index >= 15 is 0 Å². The fourth-order valence-electron chi connectivity index (χ4n) is 9.84. The minimum Gasteiger partial charge on any atom is -0.394 e. The summed E-state index contributed by atoms with van der Waals surface area (Å²) in [6.07, 6.45) is 71.2. The lowest BCUT2D eigenvalue weighted by atomic mass is 10.0. The van der Waals surface area contributed by atoms with Crippen LogP contribution in [0.25, 0.3) is 0 Å². The summed E-state index contributed by atoms with van der Waals surface area (Å²) in [6.45, 7) is 4.40. The van der Waals surface area contributed by atoms with Crippen molar-refractivity contribution in [2.24, 2.45) is 0 Å². The first-order valence-electron chi connectivity index (χ1n) is 29.7. The van der Waals surface area contributed by atoms with E-state index in [9.17, 15) is 15.0 Å². The summed E-state index contributed by atoms with van der Waals surface area (Å²) in [5, 5.41) is 23.3. The lowest BCUT2D eigenvalue weighted by molar-refractivity contribution is -0.123. The van der Waals surface area contributed by atoms with Crippen molar-refractivity contribution in [2.45, 2.75) is 366 Å². The predicted molar refractivity (Wildman–Crippen MR) is 281 cm³/mol. The molecule has 0 aromatic carbocycles. The molecule has 0 radical (unpaired) electrons. The van der Waals surface area contributed by atoms with Crippen LogP contribution in [0.2, 0.25) is 0 Å². The highest BCUT2D eigenvalue weighted by molar-refractivity contribution is 5.76. The lowest BCUT2D eigenvalue weighted by Crippen LogP contribution is -2.45. The monoisotopic (exact) mass is 890 g/mol. The standard InChI is InChI=1S/C59H119NO3/c1-3-5-7-9-11-13-15-17-19-21-22-23-24-25-26-27-28-29-30-31-32-33-34-35-36-37-38-39-41-43-45-47-49-51-53-55-59(63)60-57(56-61)58(62)54-52-50-48-46-44-42-40-20-18-16-14-12-10-8-6-4-2/h57-58,61-62H,3-56H2,1-2H3,(H,60,63)/t57-,58+/m0/s1. The molecule has 2 atom stereocenters. The topological polar surface area (TPSA) is 69.6 Å². The average molecular weight is 891 g/mol. The fourth-order valence-corrected chi connectivity index (χ4v) is 9.84. The van der Waals surface area contributed by atoms with Crippen LogP contribution in [0.4, 0.5) is 0 Å². The largest absolute Gasteiger partial charge is 0.394 e. The Kier molecular flexibility index (Phi) is 55.2. The summed E-state index contributed by atoms with van der Waals surface area (Å²) in [7, 11) is 0. The normalized spacial score (nSPS) is 12.6. The molecular weight excluding hydrogens is 771 g/mol. The Labute approximate surface area is 397 Å². The van der Waals surface area contributed by atoms with E-state index in [1.54, 1.807) is 0 Å². The third-order valence-corrected chi connectivity index (χ3v) is 14.4. The minimum absolute atomic E-state index is 0.0221. The Bertz CT molecular complexity index is 834. The highest BCUT2D eigenvalue weighted by Gasteiger charge is 2.20. The molecule has 0 unspecified atom stereocenters. The van der Waals surface area contributed by atoms with Crippen LogP contribution in [0.3, 0.4) is 0 Å². The zero-order chi connectivity index (χ0) is 45.6. The van der Waals surface area contributed by atoms with Crippen molar-refractivity contribution < 1.29 is 15.0 Å². The SMILES string of the molecule is CCCCCCCCCCCCCCCCCCCCCCCCCCCCCCCCCCCCCC(=O)N[C@@H](CO)[C@H](O)CCCCCCCCCCCCCCCCCC. The van der Waals surface area contributed by atoms with Gasteiger partial charge in [0.1, 0.15) is 0 Å². The molecule has 0 saturated carbocycles. The van der Waals surface area contributed by atoms with Gasteiger partial charge in [-0.25, -0.2) is 0 Å². The van der Waals surface area contributed by atoms with Crippen molar-refractivity contribution >= 4 is 5.91 Å². The molecule has 0 aromatic rings. The second kappa shape index (κ2) is 55.7. The zero-order valence-electron chi connectivity index (χ0n) is 43.6. The molecule has 0 aliphatic carbocycles. The molecule has 378 valence electrons. The van der Waals surface area contributed by atoms with Crippen molar-refractivity contribution in [3.8, 4) is 0 Å². The number of carbonyl (C=O) groups is 1. The maximum Gasteiger partial charge on any atom is 0.220 e. The van der Waals surface area contributed by atoms with Gasteiger partial charge in [-0.15, -0.1) is 0 Å². The zero-order valence-corrected chi connectivity index (χ0v) is 43.6. The smallest absolute Gasteiger partial charge is 0.220 e. The first kappa shape index (κ1) is 62.4. The van der Waals surface area contributed by atoms with Gasteiger partial charge in [0.25, 0.3) is 0 Å². The summed E-state index contributed by atoms with van der Waals surface area (Å²) in [4.78, 5) is 12.5. The summed E-state index contributed by atoms with van der Waals surface area (Å²) in [5.74, 6) is -0.0221. The number of carbonyl (C=O) groups excluding carboxylic acids is 1. The van der Waals surface area contributed by atoms with E-state index < -0.39 is 12.1 Å². The molecule has 1 amide bonds. The quantitative estimate of drug-likeness (QED) is 0.0533. The number of hydrogen-bond donors (Lipinski definition) is 3. The molecule has 3 N–H and O–H groups in total. The van der Waals surface area contributed by atoms with E-state index in [-0.39, 0.29) is 12.5 Å². The maximum atomic E-state index is 12.5. The van der Waals surface area contributed by atoms with Crippen molar-refractivity contribution in [2.75, 3.05) is 6.61 Å². The maximum absolute atomic E-state index is 12.5. The van der Waals surface area contributed by atoms with Gasteiger partial charge < -0.3 is 15.5 Å². The van der Waals surface area contributed by atoms with Crippen LogP contribution in [-0.4, -0.2) is 34.9 Å². The second-order valence-electron chi connectivity index (χ2n) is 20.8. The van der Waals surface area contributed by atoms with Crippen molar-refractivity contribution in [1.29, 1.82) is 0 Å². The molecule has 0 aromatic heterocycles. The Morgan fingerprint density at radius 3 is 0.714 bits per heavy atom. The van der Waals surface area contributed by atoms with Crippen LogP contribution < -0.4 is 5.32 Å². The Hall–Kier alpha value is -0.610. The molecule has 0 fully saturated rings. The van der Waals surface area contributed by atoms with Crippen LogP contribution in [0.1, 0.15) is 354 Å². The molecule has 63 heavy (non-hydrogen) atoms. The summed E-state index contributed by atoms with van der Waals surface area (Å²) in [5.41, 5.74) is 0. The van der Waals surface area contributed by atoms with Crippen molar-refractivity contribution in [1.82, 2.24) is 5.32 Å². The van der Waals surface area contributed by atoms with Crippen LogP contribution in [-0.2, 0) is 4.79 Å². The Balaban J connectivity index is 3.34. The van der Waals surface area contributed by atoms with Crippen LogP contribution >= 0.6 is 0 Å². The summed E-state index contributed by atoms with van der Waals surface area (Å²) in [6, 6.07) is -0.531. The predicted octanol–water partition coefficient (Wildman–Crippen LogP) is 19.5. The first-order valence-corrected chi connectivity index (χ1v) is 29.7. The molecule has 0 aliphatic heterocycles. The van der Waals surface area contributed by atoms with Crippen LogP contribution in [0.5, 0.6) is 0 Å². The number of aliphatic hydroxyl groups excluding tert-OH is 2. The molecule has 0 aliphatic rings. The van der Waals surface area contributed by atoms with E-state index in [2.05, 4.69) is 19.2 Å². The Morgan fingerprint density at radius 1 is 0.317 bits per heavy atom. The van der Waals surface area contributed by atoms with E-state index in [4.69, 9.17) is 0 Å². The number of nitrogens with one attached hydrogen (secondary N) is 1. The lowest BCUT2D eigenvalue weighted by Gasteiger charge is -2.22. The molecule has 4 nitrogen and oxygen atoms in total. The number of rotatable bonds is 56. The van der Waals surface area contributed by atoms with E-state index in [1.807, 2.05) is 0 Å². The molecule has 0 spiro atoms. The summed E-state index contributed by atoms with van der Waals surface area (Å²) >= 11 is 0. The molecular formula is C59H119NO3. The third-order valence-electron chi connectivity index (χ3n) is 14.4. The first-order chi connectivity index (χ1) is 31.2. The highest BCUT2D eigenvalue weighted by atomic mass is 16.3. The van der Waals surface area contributed by atoms with E-state index in [0.29, 0.717) is 12.8 Å². The number of unbranched alkanes of at least 4 members (excludes halogenated alkanes) is 49. The summed E-state index contributed by atoms with van der Waals surface area (Å²) < 4.78 is 0. The fraction of sp³-hybridized carbons (Fsp3) is 0.983. The third kappa shape index (κ3) is 52.2. The Morgan fingerprint density at radius 2 is 0.508 bits per heavy atom. The van der Waals surface area contributed by atoms with Gasteiger partial charge in [-0.1, -0.05) is 335 Å². The van der Waals surface area contributed by atoms with Gasteiger partial charge in [0.2, 0.25) is 5.91 Å². The average Bonchev–Trinajstić information content (AvgIpc) is 3.29. The van der Waals surface area contributed by atoms with Crippen molar-refractivity contribution in [3.63, 3.8) is 0 Å². The minimum atomic E-state index is -0.654. The molecule has 0 bridgehead atoms. The van der Waals surface area contributed by atoms with E-state index in [1.165, 1.54) is 302 Å². The van der Waals surface area contributed by atoms with Gasteiger partial charge in [0, 0.05) is 6.42 Å². The van der Waals surface area contributed by atoms with E-state index in [0.717, 1.165) is 25.7 Å². The van der Waals surface area contributed by atoms with Crippen molar-refractivity contribution in [3.05, 3.63) is 0 Å². The number of aliphatic hydroxyl groups is 2. The van der Waals surface area contributed by atoms with Gasteiger partial charge >= 0.3 is 0 Å². The van der Waals surface area contributed by atoms with Crippen LogP contribution in [0.15, 0.2) is 0 Å². The number of hydrogen-bond acceptors (Lipinski definition) is 3. The van der Waals surface area contributed by atoms with Crippen LogP contribution in [0, 0.1) is 0 Å². The molecule has 0 saturated heterocycles. The van der Waals surface area contributed by atoms with Gasteiger partial charge in [0.15, 0.2) is 0 Å². The molecule has 4 heteroatoms. The van der Waals surface area contributed by atoms with Gasteiger partial charge in [-0.3, -0.25) is 4.79 Å². The second-order valence-corrected chi connectivity index (χ2v) is 20.8. The highest BCUT2D eigenvalue weighted by Crippen LogP contribution is 2.19. The molecule has 0 heterocycles. The number of amides is 1. The van der Waals surface area contributed by atoms with Gasteiger partial charge in [-0.2, -0.15) is 0 Å².